The molecule has 1 heterocycles. The van der Waals surface area contributed by atoms with Gasteiger partial charge in [0.1, 0.15) is 0 Å². The van der Waals surface area contributed by atoms with Gasteiger partial charge < -0.3 is 19.7 Å². The number of ether oxygens (including phenoxy) is 2. The van der Waals surface area contributed by atoms with Crippen molar-refractivity contribution < 1.29 is 19.1 Å². The van der Waals surface area contributed by atoms with E-state index in [9.17, 15) is 9.59 Å². The summed E-state index contributed by atoms with van der Waals surface area (Å²) >= 11 is 0. The largest absolute Gasteiger partial charge is 0.493 e. The summed E-state index contributed by atoms with van der Waals surface area (Å²) in [6.45, 7) is 4.79. The van der Waals surface area contributed by atoms with E-state index in [1.807, 2.05) is 50.2 Å². The Bertz CT molecular complexity index is 894. The molecule has 0 aromatic heterocycles. The molecule has 28 heavy (non-hydrogen) atoms. The third-order valence-electron chi connectivity index (χ3n) is 5.28. The van der Waals surface area contributed by atoms with Crippen LogP contribution in [0.5, 0.6) is 11.5 Å². The smallest absolute Gasteiger partial charge is 0.227 e. The highest BCUT2D eigenvalue weighted by Gasteiger charge is 2.35. The zero-order valence-corrected chi connectivity index (χ0v) is 16.7. The molecule has 0 aliphatic carbocycles. The summed E-state index contributed by atoms with van der Waals surface area (Å²) in [5.41, 5.74) is 4.00. The number of hydrogen-bond donors (Lipinski definition) is 1. The van der Waals surface area contributed by atoms with Crippen molar-refractivity contribution in [3.8, 4) is 11.5 Å². The summed E-state index contributed by atoms with van der Waals surface area (Å²) in [6, 6.07) is 11.4. The van der Waals surface area contributed by atoms with Gasteiger partial charge >= 0.3 is 0 Å². The van der Waals surface area contributed by atoms with Gasteiger partial charge in [-0.1, -0.05) is 18.2 Å². The zero-order chi connectivity index (χ0) is 20.3. The lowest BCUT2D eigenvalue weighted by atomic mass is 10.1. The second kappa shape index (κ2) is 8.33. The van der Waals surface area contributed by atoms with Crippen LogP contribution < -0.4 is 19.7 Å². The van der Waals surface area contributed by atoms with Crippen LogP contribution in [-0.2, 0) is 16.1 Å². The highest BCUT2D eigenvalue weighted by Crippen LogP contribution is 2.30. The predicted molar refractivity (Wildman–Crippen MR) is 108 cm³/mol. The van der Waals surface area contributed by atoms with Gasteiger partial charge in [-0.3, -0.25) is 9.59 Å². The molecule has 6 heteroatoms. The van der Waals surface area contributed by atoms with E-state index in [4.69, 9.17) is 9.47 Å². The second-order valence-electron chi connectivity index (χ2n) is 7.03. The molecule has 0 bridgehead atoms. The monoisotopic (exact) mass is 382 g/mol. The van der Waals surface area contributed by atoms with Gasteiger partial charge in [-0.2, -0.15) is 0 Å². The number of nitrogens with one attached hydrogen (secondary N) is 1. The van der Waals surface area contributed by atoms with Gasteiger partial charge in [0.15, 0.2) is 11.5 Å². The molecule has 1 unspecified atom stereocenters. The topological polar surface area (TPSA) is 67.9 Å². The van der Waals surface area contributed by atoms with Crippen molar-refractivity contribution in [1.29, 1.82) is 0 Å². The molecule has 2 amide bonds. The fourth-order valence-corrected chi connectivity index (χ4v) is 3.47. The maximum Gasteiger partial charge on any atom is 0.227 e. The maximum absolute atomic E-state index is 12.6. The number of nitrogens with zero attached hydrogens (tertiary/aromatic N) is 1. The lowest BCUT2D eigenvalue weighted by Gasteiger charge is -2.20. The molecule has 2 aromatic carbocycles. The first-order chi connectivity index (χ1) is 13.4. The first-order valence-electron chi connectivity index (χ1n) is 9.29. The van der Waals surface area contributed by atoms with E-state index in [2.05, 4.69) is 5.32 Å². The summed E-state index contributed by atoms with van der Waals surface area (Å²) in [4.78, 5) is 26.8. The molecule has 0 spiro atoms. The molecular weight excluding hydrogens is 356 g/mol. The van der Waals surface area contributed by atoms with E-state index in [0.29, 0.717) is 24.6 Å². The molecule has 1 saturated heterocycles. The molecular formula is C22H26N2O4. The van der Waals surface area contributed by atoms with E-state index in [-0.39, 0.29) is 24.2 Å². The van der Waals surface area contributed by atoms with Gasteiger partial charge in [-0.15, -0.1) is 0 Å². The van der Waals surface area contributed by atoms with Crippen molar-refractivity contribution >= 4 is 17.5 Å². The summed E-state index contributed by atoms with van der Waals surface area (Å²) in [7, 11) is 3.16. The molecule has 1 atom stereocenters. The Morgan fingerprint density at radius 1 is 1.14 bits per heavy atom. The predicted octanol–water partition coefficient (Wildman–Crippen LogP) is 2.99. The lowest BCUT2D eigenvalue weighted by molar-refractivity contribution is -0.126. The SMILES string of the molecule is COc1ccc(CNC(=O)C2CC(=O)N(c3cccc(C)c3C)C2)cc1OC. The highest BCUT2D eigenvalue weighted by molar-refractivity contribution is 6.00. The summed E-state index contributed by atoms with van der Waals surface area (Å²) in [5.74, 6) is 0.776. The Labute approximate surface area is 165 Å². The van der Waals surface area contributed by atoms with Crippen LogP contribution in [0.15, 0.2) is 36.4 Å². The number of benzene rings is 2. The van der Waals surface area contributed by atoms with Crippen LogP contribution in [0, 0.1) is 19.8 Å². The molecule has 0 radical (unpaired) electrons. The Morgan fingerprint density at radius 2 is 1.89 bits per heavy atom. The molecule has 2 aromatic rings. The first kappa shape index (κ1) is 19.7. The molecule has 1 fully saturated rings. The van der Waals surface area contributed by atoms with Gasteiger partial charge in [0.05, 0.1) is 20.1 Å². The summed E-state index contributed by atoms with van der Waals surface area (Å²) in [5, 5.41) is 2.93. The number of methoxy groups -OCH3 is 2. The second-order valence-corrected chi connectivity index (χ2v) is 7.03. The molecule has 148 valence electrons. The van der Waals surface area contributed by atoms with Crippen molar-refractivity contribution in [2.75, 3.05) is 25.7 Å². The van der Waals surface area contributed by atoms with Crippen LogP contribution in [0.2, 0.25) is 0 Å². The van der Waals surface area contributed by atoms with Crippen LogP contribution in [0.25, 0.3) is 0 Å². The molecule has 3 rings (SSSR count). The minimum Gasteiger partial charge on any atom is -0.493 e. The van der Waals surface area contributed by atoms with E-state index in [1.165, 1.54) is 0 Å². The van der Waals surface area contributed by atoms with Crippen LogP contribution in [-0.4, -0.2) is 32.6 Å². The third kappa shape index (κ3) is 3.96. The molecule has 6 nitrogen and oxygen atoms in total. The molecule has 1 aliphatic rings. The van der Waals surface area contributed by atoms with Crippen LogP contribution >= 0.6 is 0 Å². The standard InChI is InChI=1S/C22H26N2O4/c1-14-6-5-7-18(15(14)2)24-13-17(11-21(24)25)22(26)23-12-16-8-9-19(27-3)20(10-16)28-4/h5-10,17H,11-13H2,1-4H3,(H,23,26). The average molecular weight is 382 g/mol. The number of aryl methyl sites for hydroxylation is 1. The maximum atomic E-state index is 12.6. The van der Waals surface area contributed by atoms with Gasteiger partial charge in [-0.05, 0) is 48.7 Å². The minimum atomic E-state index is -0.354. The lowest BCUT2D eigenvalue weighted by Crippen LogP contribution is -2.32. The van der Waals surface area contributed by atoms with Gasteiger partial charge in [0.25, 0.3) is 0 Å². The highest BCUT2D eigenvalue weighted by atomic mass is 16.5. The van der Waals surface area contributed by atoms with Crippen molar-refractivity contribution in [2.24, 2.45) is 5.92 Å². The van der Waals surface area contributed by atoms with Crippen molar-refractivity contribution in [3.63, 3.8) is 0 Å². The van der Waals surface area contributed by atoms with E-state index in [0.717, 1.165) is 22.4 Å². The van der Waals surface area contributed by atoms with E-state index < -0.39 is 0 Å². The van der Waals surface area contributed by atoms with Crippen molar-refractivity contribution in [1.82, 2.24) is 5.32 Å². The molecule has 1 N–H and O–H groups in total. The Hall–Kier alpha value is -3.02. The third-order valence-corrected chi connectivity index (χ3v) is 5.28. The van der Waals surface area contributed by atoms with Gasteiger partial charge in [0, 0.05) is 25.2 Å². The average Bonchev–Trinajstić information content (AvgIpc) is 3.09. The normalized spacial score (nSPS) is 16.2. The molecule has 0 saturated carbocycles. The quantitative estimate of drug-likeness (QED) is 0.834. The number of hydrogen-bond acceptors (Lipinski definition) is 4. The number of carbonyl (C=O) groups is 2. The number of rotatable bonds is 6. The Kier molecular flexibility index (Phi) is 5.87. The summed E-state index contributed by atoms with van der Waals surface area (Å²) in [6.07, 6.45) is 0.227. The van der Waals surface area contributed by atoms with Crippen LogP contribution in [0.1, 0.15) is 23.1 Å². The van der Waals surface area contributed by atoms with Crippen molar-refractivity contribution in [2.45, 2.75) is 26.8 Å². The van der Waals surface area contributed by atoms with E-state index >= 15 is 0 Å². The number of anilines is 1. The fourth-order valence-electron chi connectivity index (χ4n) is 3.47. The summed E-state index contributed by atoms with van der Waals surface area (Å²) < 4.78 is 10.5. The number of carbonyl (C=O) groups excluding carboxylic acids is 2. The van der Waals surface area contributed by atoms with Crippen molar-refractivity contribution in [3.05, 3.63) is 53.1 Å². The van der Waals surface area contributed by atoms with E-state index in [1.54, 1.807) is 19.1 Å². The number of amides is 2. The first-order valence-corrected chi connectivity index (χ1v) is 9.29. The Balaban J connectivity index is 1.64. The van der Waals surface area contributed by atoms with Crippen LogP contribution in [0.3, 0.4) is 0 Å². The zero-order valence-electron chi connectivity index (χ0n) is 16.7. The fraction of sp³-hybridized carbons (Fsp3) is 0.364. The molecule has 1 aliphatic heterocycles. The van der Waals surface area contributed by atoms with Gasteiger partial charge in [-0.25, -0.2) is 0 Å². The minimum absolute atomic E-state index is 0.0139. The Morgan fingerprint density at radius 3 is 2.61 bits per heavy atom. The van der Waals surface area contributed by atoms with Crippen LogP contribution in [0.4, 0.5) is 5.69 Å². The van der Waals surface area contributed by atoms with Gasteiger partial charge in [0.2, 0.25) is 11.8 Å².